The zero-order chi connectivity index (χ0) is 15.9. The van der Waals surface area contributed by atoms with Gasteiger partial charge in [-0.25, -0.2) is 0 Å². The molecule has 0 amide bonds. The van der Waals surface area contributed by atoms with Gasteiger partial charge in [0.1, 0.15) is 5.75 Å². The number of hydrogen-bond donors (Lipinski definition) is 1. The van der Waals surface area contributed by atoms with Gasteiger partial charge < -0.3 is 14.2 Å². The maximum absolute atomic E-state index is 12.0. The van der Waals surface area contributed by atoms with E-state index in [0.29, 0.717) is 18.7 Å². The van der Waals surface area contributed by atoms with Gasteiger partial charge in [-0.3, -0.25) is 0 Å². The SMILES string of the molecule is C=S(CCCNc1cc(C)ccc1OC)OCC(F)(F)F. The highest BCUT2D eigenvalue weighted by atomic mass is 32.2. The fourth-order valence-corrected chi connectivity index (χ4v) is 2.51. The highest BCUT2D eigenvalue weighted by Gasteiger charge is 2.27. The maximum atomic E-state index is 12.0. The van der Waals surface area contributed by atoms with Crippen LogP contribution in [0.5, 0.6) is 5.75 Å². The van der Waals surface area contributed by atoms with Crippen LogP contribution in [0.4, 0.5) is 18.9 Å². The standard InChI is InChI=1S/C14H20F3NO2S/c1-11-5-6-13(19-2)12(9-11)18-7-4-8-21(3)20-10-14(15,16)17/h5-6,9,18H,3-4,7-8,10H2,1-2H3. The van der Waals surface area contributed by atoms with E-state index in [1.807, 2.05) is 25.1 Å². The summed E-state index contributed by atoms with van der Waals surface area (Å²) in [4.78, 5) is 0. The molecule has 0 aliphatic rings. The third-order valence-corrected chi connectivity index (χ3v) is 3.80. The van der Waals surface area contributed by atoms with Crippen LogP contribution in [0.2, 0.25) is 0 Å². The Morgan fingerprint density at radius 1 is 1.33 bits per heavy atom. The van der Waals surface area contributed by atoms with Crippen molar-refractivity contribution >= 4 is 22.3 Å². The summed E-state index contributed by atoms with van der Waals surface area (Å²) in [6, 6.07) is 5.78. The van der Waals surface area contributed by atoms with Crippen molar-refractivity contribution in [2.24, 2.45) is 0 Å². The van der Waals surface area contributed by atoms with Crippen molar-refractivity contribution in [2.45, 2.75) is 19.5 Å². The molecule has 120 valence electrons. The fourth-order valence-electron chi connectivity index (χ4n) is 1.63. The van der Waals surface area contributed by atoms with Gasteiger partial charge in [0.2, 0.25) is 0 Å². The van der Waals surface area contributed by atoms with E-state index >= 15 is 0 Å². The van der Waals surface area contributed by atoms with Crippen molar-refractivity contribution in [1.82, 2.24) is 0 Å². The Morgan fingerprint density at radius 2 is 2.05 bits per heavy atom. The average Bonchev–Trinajstić information content (AvgIpc) is 2.41. The number of hydrogen-bond acceptors (Lipinski definition) is 3. The van der Waals surface area contributed by atoms with Gasteiger partial charge in [0.15, 0.2) is 6.61 Å². The number of benzene rings is 1. The third kappa shape index (κ3) is 7.38. The lowest BCUT2D eigenvalue weighted by molar-refractivity contribution is -0.150. The predicted molar refractivity (Wildman–Crippen MR) is 82.4 cm³/mol. The molecule has 0 fully saturated rings. The van der Waals surface area contributed by atoms with E-state index in [-0.39, 0.29) is 0 Å². The Morgan fingerprint density at radius 3 is 2.67 bits per heavy atom. The molecule has 1 N–H and O–H groups in total. The van der Waals surface area contributed by atoms with Gasteiger partial charge in [-0.05, 0) is 36.9 Å². The minimum absolute atomic E-state index is 0.483. The summed E-state index contributed by atoms with van der Waals surface area (Å²) in [5.41, 5.74) is 1.97. The van der Waals surface area contributed by atoms with Crippen LogP contribution >= 0.6 is 10.8 Å². The number of halogens is 3. The molecule has 0 spiro atoms. The number of rotatable bonds is 8. The van der Waals surface area contributed by atoms with Crippen molar-refractivity contribution in [3.63, 3.8) is 0 Å². The first kappa shape index (κ1) is 17.8. The third-order valence-electron chi connectivity index (χ3n) is 2.61. The maximum Gasteiger partial charge on any atom is 0.413 e. The average molecular weight is 323 g/mol. The quantitative estimate of drug-likeness (QED) is 0.579. The second-order valence-corrected chi connectivity index (χ2v) is 6.03. The van der Waals surface area contributed by atoms with E-state index in [9.17, 15) is 13.2 Å². The van der Waals surface area contributed by atoms with Crippen LogP contribution in [-0.2, 0) is 4.18 Å². The smallest absolute Gasteiger partial charge is 0.413 e. The normalized spacial score (nSPS) is 13.0. The fraction of sp³-hybridized carbons (Fsp3) is 0.500. The lowest BCUT2D eigenvalue weighted by Crippen LogP contribution is -2.15. The number of ether oxygens (including phenoxy) is 1. The van der Waals surface area contributed by atoms with E-state index in [2.05, 4.69) is 15.4 Å². The van der Waals surface area contributed by atoms with Crippen molar-refractivity contribution in [2.75, 3.05) is 31.3 Å². The van der Waals surface area contributed by atoms with Crippen molar-refractivity contribution < 1.29 is 22.1 Å². The molecular formula is C14H20F3NO2S. The zero-order valence-corrected chi connectivity index (χ0v) is 12.9. The van der Waals surface area contributed by atoms with E-state index in [1.165, 1.54) is 0 Å². The molecule has 0 saturated carbocycles. The Kier molecular flexibility index (Phi) is 7.04. The number of anilines is 1. The summed E-state index contributed by atoms with van der Waals surface area (Å²) in [5, 5.41) is 3.21. The first-order chi connectivity index (χ1) is 9.81. The van der Waals surface area contributed by atoms with Gasteiger partial charge in [-0.1, -0.05) is 16.8 Å². The Balaban J connectivity index is 2.31. The molecule has 0 aliphatic heterocycles. The lowest BCUT2D eigenvalue weighted by Gasteiger charge is -2.13. The number of alkyl halides is 3. The molecule has 0 bridgehead atoms. The van der Waals surface area contributed by atoms with E-state index in [1.54, 1.807) is 7.11 Å². The largest absolute Gasteiger partial charge is 0.495 e. The Labute approximate surface area is 125 Å². The topological polar surface area (TPSA) is 30.5 Å². The number of nitrogens with one attached hydrogen (secondary N) is 1. The molecule has 3 nitrogen and oxygen atoms in total. The minimum Gasteiger partial charge on any atom is -0.495 e. The molecular weight excluding hydrogens is 303 g/mol. The lowest BCUT2D eigenvalue weighted by atomic mass is 10.2. The number of methoxy groups -OCH3 is 1. The summed E-state index contributed by atoms with van der Waals surface area (Å²) in [7, 11) is 0.664. The Hall–Kier alpha value is -1.21. The molecule has 0 saturated heterocycles. The first-order valence-corrected chi connectivity index (χ1v) is 7.90. The van der Waals surface area contributed by atoms with E-state index in [0.717, 1.165) is 17.0 Å². The summed E-state index contributed by atoms with van der Waals surface area (Å²) >= 11 is 0. The van der Waals surface area contributed by atoms with Gasteiger partial charge in [0.25, 0.3) is 0 Å². The highest BCUT2D eigenvalue weighted by Crippen LogP contribution is 2.25. The second kappa shape index (κ2) is 8.29. The molecule has 1 aromatic rings. The predicted octanol–water partition coefficient (Wildman–Crippen LogP) is 4.00. The van der Waals surface area contributed by atoms with Crippen LogP contribution in [-0.4, -0.2) is 38.1 Å². The van der Waals surface area contributed by atoms with Crippen molar-refractivity contribution in [1.29, 1.82) is 0 Å². The van der Waals surface area contributed by atoms with Crippen LogP contribution in [0.3, 0.4) is 0 Å². The van der Waals surface area contributed by atoms with Gasteiger partial charge in [0, 0.05) is 12.3 Å². The van der Waals surface area contributed by atoms with Gasteiger partial charge in [0.05, 0.1) is 12.8 Å². The summed E-state index contributed by atoms with van der Waals surface area (Å²) in [5.74, 6) is 4.81. The molecule has 7 heteroatoms. The first-order valence-electron chi connectivity index (χ1n) is 6.41. The molecule has 1 unspecified atom stereocenters. The van der Waals surface area contributed by atoms with Crippen LogP contribution in [0, 0.1) is 6.92 Å². The van der Waals surface area contributed by atoms with Gasteiger partial charge in [-0.15, -0.1) is 0 Å². The minimum atomic E-state index is -4.30. The van der Waals surface area contributed by atoms with Crippen LogP contribution in [0.25, 0.3) is 0 Å². The zero-order valence-electron chi connectivity index (χ0n) is 12.1. The summed E-state index contributed by atoms with van der Waals surface area (Å²) in [6.07, 6.45) is -3.63. The van der Waals surface area contributed by atoms with Crippen molar-refractivity contribution in [3.8, 4) is 5.75 Å². The van der Waals surface area contributed by atoms with Crippen LogP contribution in [0.1, 0.15) is 12.0 Å². The monoisotopic (exact) mass is 323 g/mol. The molecule has 21 heavy (non-hydrogen) atoms. The van der Waals surface area contributed by atoms with E-state index in [4.69, 9.17) is 4.74 Å². The molecule has 0 heterocycles. The summed E-state index contributed by atoms with van der Waals surface area (Å²) < 4.78 is 45.8. The molecule has 0 aromatic heterocycles. The molecule has 1 rings (SSSR count). The van der Waals surface area contributed by atoms with E-state index < -0.39 is 23.5 Å². The van der Waals surface area contributed by atoms with Crippen molar-refractivity contribution in [3.05, 3.63) is 23.8 Å². The molecule has 1 atom stereocenters. The Bertz CT molecular complexity index is 478. The van der Waals surface area contributed by atoms with Crippen LogP contribution < -0.4 is 10.1 Å². The van der Waals surface area contributed by atoms with Gasteiger partial charge >= 0.3 is 6.18 Å². The molecule has 1 aromatic carbocycles. The molecule has 0 aliphatic carbocycles. The van der Waals surface area contributed by atoms with Crippen LogP contribution in [0.15, 0.2) is 18.2 Å². The highest BCUT2D eigenvalue weighted by molar-refractivity contribution is 8.09. The number of aryl methyl sites for hydroxylation is 1. The molecule has 0 radical (unpaired) electrons. The second-order valence-electron chi connectivity index (χ2n) is 4.51. The summed E-state index contributed by atoms with van der Waals surface area (Å²) in [6.45, 7) is 1.36. The van der Waals surface area contributed by atoms with Gasteiger partial charge in [-0.2, -0.15) is 13.2 Å².